The Bertz CT molecular complexity index is 939. The number of amides is 2. The highest BCUT2D eigenvalue weighted by Crippen LogP contribution is 2.16. The molecule has 0 aliphatic heterocycles. The minimum atomic E-state index is -0.255. The van der Waals surface area contributed by atoms with Crippen LogP contribution in [0.3, 0.4) is 0 Å². The summed E-state index contributed by atoms with van der Waals surface area (Å²) in [6.07, 6.45) is 5.23. The number of hydrogen-bond donors (Lipinski definition) is 2. The zero-order valence-electron chi connectivity index (χ0n) is 16.2. The fraction of sp³-hybridized carbons (Fsp3) is 0.174. The Morgan fingerprint density at radius 3 is 2.24 bits per heavy atom. The van der Waals surface area contributed by atoms with Crippen molar-refractivity contribution in [3.8, 4) is 5.75 Å². The van der Waals surface area contributed by atoms with Gasteiger partial charge in [-0.05, 0) is 60.5 Å². The predicted molar refractivity (Wildman–Crippen MR) is 113 cm³/mol. The minimum Gasteiger partial charge on any atom is -0.484 e. The lowest BCUT2D eigenvalue weighted by molar-refractivity contribution is -0.118. The molecule has 2 aromatic carbocycles. The van der Waals surface area contributed by atoms with Gasteiger partial charge in [-0.1, -0.05) is 25.5 Å². The van der Waals surface area contributed by atoms with E-state index in [1.54, 1.807) is 42.6 Å². The standard InChI is InChI=1S/C23H23N3O3/c1-2-4-17-6-12-21(13-7-17)29-16-22(27)25-19-8-10-20(11-9-19)26-23(28)18-5-3-14-24-15-18/h3,5-15H,2,4,16H2,1H3,(H,25,27)(H,26,28). The van der Waals surface area contributed by atoms with Crippen molar-refractivity contribution in [1.29, 1.82) is 0 Å². The Labute approximate surface area is 169 Å². The number of carbonyl (C=O) groups is 2. The Kier molecular flexibility index (Phi) is 6.95. The van der Waals surface area contributed by atoms with Crippen molar-refractivity contribution in [2.24, 2.45) is 0 Å². The summed E-state index contributed by atoms with van der Waals surface area (Å²) in [7, 11) is 0. The second-order valence-corrected chi connectivity index (χ2v) is 6.50. The molecule has 0 atom stereocenters. The second kappa shape index (κ2) is 10.0. The van der Waals surface area contributed by atoms with Gasteiger partial charge in [-0.2, -0.15) is 0 Å². The molecule has 29 heavy (non-hydrogen) atoms. The largest absolute Gasteiger partial charge is 0.484 e. The molecule has 148 valence electrons. The second-order valence-electron chi connectivity index (χ2n) is 6.50. The quantitative estimate of drug-likeness (QED) is 0.602. The van der Waals surface area contributed by atoms with Gasteiger partial charge in [0.1, 0.15) is 5.75 Å². The van der Waals surface area contributed by atoms with Gasteiger partial charge in [0.05, 0.1) is 5.56 Å². The zero-order chi connectivity index (χ0) is 20.5. The lowest BCUT2D eigenvalue weighted by Gasteiger charge is -2.09. The molecule has 0 unspecified atom stereocenters. The van der Waals surface area contributed by atoms with E-state index < -0.39 is 0 Å². The van der Waals surface area contributed by atoms with Gasteiger partial charge < -0.3 is 15.4 Å². The number of rotatable bonds is 8. The average Bonchev–Trinajstić information content (AvgIpc) is 2.75. The number of pyridine rings is 1. The van der Waals surface area contributed by atoms with E-state index in [0.717, 1.165) is 12.8 Å². The van der Waals surface area contributed by atoms with Gasteiger partial charge in [-0.3, -0.25) is 14.6 Å². The van der Waals surface area contributed by atoms with E-state index in [9.17, 15) is 9.59 Å². The number of nitrogens with one attached hydrogen (secondary N) is 2. The molecule has 0 spiro atoms. The third kappa shape index (κ3) is 6.17. The molecule has 0 aliphatic rings. The van der Waals surface area contributed by atoms with Gasteiger partial charge >= 0.3 is 0 Å². The van der Waals surface area contributed by atoms with Crippen LogP contribution in [0.15, 0.2) is 73.1 Å². The first-order valence-electron chi connectivity index (χ1n) is 9.47. The van der Waals surface area contributed by atoms with Crippen molar-refractivity contribution in [1.82, 2.24) is 4.98 Å². The smallest absolute Gasteiger partial charge is 0.262 e. The van der Waals surface area contributed by atoms with Crippen LogP contribution in [0.4, 0.5) is 11.4 Å². The summed E-state index contributed by atoms with van der Waals surface area (Å²) in [5.74, 6) is 0.163. The number of aromatic nitrogens is 1. The molecule has 0 radical (unpaired) electrons. The third-order valence-electron chi connectivity index (χ3n) is 4.18. The van der Waals surface area contributed by atoms with Crippen molar-refractivity contribution in [3.63, 3.8) is 0 Å². The highest BCUT2D eigenvalue weighted by atomic mass is 16.5. The maximum Gasteiger partial charge on any atom is 0.262 e. The van der Waals surface area contributed by atoms with Gasteiger partial charge in [0.15, 0.2) is 6.61 Å². The highest BCUT2D eigenvalue weighted by molar-refractivity contribution is 6.04. The third-order valence-corrected chi connectivity index (χ3v) is 4.18. The summed E-state index contributed by atoms with van der Waals surface area (Å²) in [6, 6.07) is 18.0. The summed E-state index contributed by atoms with van der Waals surface area (Å²) in [6.45, 7) is 2.06. The fourth-order valence-corrected chi connectivity index (χ4v) is 2.72. The molecular formula is C23H23N3O3. The van der Waals surface area contributed by atoms with Crippen LogP contribution in [0.1, 0.15) is 29.3 Å². The summed E-state index contributed by atoms with van der Waals surface area (Å²) in [4.78, 5) is 28.1. The van der Waals surface area contributed by atoms with Crippen molar-refractivity contribution < 1.29 is 14.3 Å². The average molecular weight is 389 g/mol. The normalized spacial score (nSPS) is 10.2. The Morgan fingerprint density at radius 1 is 0.931 bits per heavy atom. The predicted octanol–water partition coefficient (Wildman–Crippen LogP) is 4.30. The summed E-state index contributed by atoms with van der Waals surface area (Å²) in [5, 5.41) is 5.55. The van der Waals surface area contributed by atoms with Crippen molar-refractivity contribution in [2.45, 2.75) is 19.8 Å². The first-order chi connectivity index (χ1) is 14.1. The molecule has 0 saturated heterocycles. The van der Waals surface area contributed by atoms with E-state index >= 15 is 0 Å². The molecular weight excluding hydrogens is 366 g/mol. The topological polar surface area (TPSA) is 80.3 Å². The lowest BCUT2D eigenvalue weighted by Crippen LogP contribution is -2.20. The van der Waals surface area contributed by atoms with E-state index in [4.69, 9.17) is 4.74 Å². The SMILES string of the molecule is CCCc1ccc(OCC(=O)Nc2ccc(NC(=O)c3cccnc3)cc2)cc1. The number of hydrogen-bond acceptors (Lipinski definition) is 4. The molecule has 2 amide bonds. The van der Waals surface area contributed by atoms with Gasteiger partial charge in [-0.15, -0.1) is 0 Å². The monoisotopic (exact) mass is 389 g/mol. The Morgan fingerprint density at radius 2 is 1.62 bits per heavy atom. The zero-order valence-corrected chi connectivity index (χ0v) is 16.2. The van der Waals surface area contributed by atoms with E-state index in [1.165, 1.54) is 11.8 Å². The van der Waals surface area contributed by atoms with Crippen molar-refractivity contribution in [2.75, 3.05) is 17.2 Å². The lowest BCUT2D eigenvalue weighted by atomic mass is 10.1. The van der Waals surface area contributed by atoms with E-state index in [0.29, 0.717) is 22.7 Å². The number of aryl methyl sites for hydroxylation is 1. The van der Waals surface area contributed by atoms with Crippen molar-refractivity contribution >= 4 is 23.2 Å². The molecule has 0 aliphatic carbocycles. The molecule has 1 aromatic heterocycles. The van der Waals surface area contributed by atoms with Gasteiger partial charge in [-0.25, -0.2) is 0 Å². The van der Waals surface area contributed by atoms with Crippen LogP contribution >= 0.6 is 0 Å². The van der Waals surface area contributed by atoms with Crippen LogP contribution in [0.25, 0.3) is 0 Å². The first kappa shape index (κ1) is 20.1. The fourth-order valence-electron chi connectivity index (χ4n) is 2.72. The van der Waals surface area contributed by atoms with Crippen LogP contribution < -0.4 is 15.4 Å². The minimum absolute atomic E-state index is 0.0768. The number of carbonyl (C=O) groups excluding carboxylic acids is 2. The molecule has 6 heteroatoms. The van der Waals surface area contributed by atoms with Gasteiger partial charge in [0, 0.05) is 23.8 Å². The van der Waals surface area contributed by atoms with Crippen molar-refractivity contribution in [3.05, 3.63) is 84.2 Å². The molecule has 3 rings (SSSR count). The number of benzene rings is 2. The summed E-state index contributed by atoms with van der Waals surface area (Å²) >= 11 is 0. The number of nitrogens with zero attached hydrogens (tertiary/aromatic N) is 1. The number of ether oxygens (including phenoxy) is 1. The van der Waals surface area contributed by atoms with E-state index in [2.05, 4.69) is 22.5 Å². The molecule has 6 nitrogen and oxygen atoms in total. The molecule has 0 saturated carbocycles. The Balaban J connectivity index is 1.47. The van der Waals surface area contributed by atoms with Crippen LogP contribution in [0.2, 0.25) is 0 Å². The van der Waals surface area contributed by atoms with Crippen LogP contribution in [0.5, 0.6) is 5.75 Å². The number of anilines is 2. The van der Waals surface area contributed by atoms with Crippen LogP contribution in [0, 0.1) is 0 Å². The molecule has 3 aromatic rings. The molecule has 2 N–H and O–H groups in total. The Hall–Kier alpha value is -3.67. The molecule has 0 bridgehead atoms. The van der Waals surface area contributed by atoms with E-state index in [1.807, 2.05) is 24.3 Å². The molecule has 0 fully saturated rings. The van der Waals surface area contributed by atoms with Crippen LogP contribution in [-0.2, 0) is 11.2 Å². The van der Waals surface area contributed by atoms with Gasteiger partial charge in [0.25, 0.3) is 11.8 Å². The first-order valence-corrected chi connectivity index (χ1v) is 9.47. The van der Waals surface area contributed by atoms with E-state index in [-0.39, 0.29) is 18.4 Å². The maximum atomic E-state index is 12.1. The summed E-state index contributed by atoms with van der Waals surface area (Å²) in [5.41, 5.74) is 2.97. The molecule has 1 heterocycles. The van der Waals surface area contributed by atoms with Crippen LogP contribution in [-0.4, -0.2) is 23.4 Å². The van der Waals surface area contributed by atoms with Gasteiger partial charge in [0.2, 0.25) is 0 Å². The maximum absolute atomic E-state index is 12.1. The highest BCUT2D eigenvalue weighted by Gasteiger charge is 2.07. The summed E-state index contributed by atoms with van der Waals surface area (Å²) < 4.78 is 5.52.